The van der Waals surface area contributed by atoms with Crippen molar-refractivity contribution < 1.29 is 17.9 Å². The van der Waals surface area contributed by atoms with Crippen LogP contribution in [0.3, 0.4) is 0 Å². The van der Waals surface area contributed by atoms with E-state index >= 15 is 0 Å². The highest BCUT2D eigenvalue weighted by Gasteiger charge is 2.25. The van der Waals surface area contributed by atoms with Crippen molar-refractivity contribution in [2.24, 2.45) is 5.92 Å². The molecule has 0 aromatic heterocycles. The second-order valence-electron chi connectivity index (χ2n) is 5.32. The number of aliphatic hydroxyl groups excluding tert-OH is 1. The van der Waals surface area contributed by atoms with Crippen LogP contribution in [0, 0.1) is 11.7 Å². The molecule has 1 saturated heterocycles. The van der Waals surface area contributed by atoms with E-state index in [9.17, 15) is 12.8 Å². The summed E-state index contributed by atoms with van der Waals surface area (Å²) in [6.45, 7) is 4.87. The maximum atomic E-state index is 13.8. The molecule has 2 rings (SSSR count). The molecule has 1 aromatic carbocycles. The molecule has 1 fully saturated rings. The lowest BCUT2D eigenvalue weighted by Gasteiger charge is -2.14. The van der Waals surface area contributed by atoms with Crippen LogP contribution >= 0.6 is 0 Å². The predicted molar refractivity (Wildman–Crippen MR) is 77.7 cm³/mol. The van der Waals surface area contributed by atoms with E-state index in [0.717, 1.165) is 32.1 Å². The Bertz CT molecular complexity index is 592. The molecule has 1 aliphatic heterocycles. The number of nitrogens with zero attached hydrogens (tertiary/aromatic N) is 1. The first-order chi connectivity index (χ1) is 9.96. The topological polar surface area (TPSA) is 69.6 Å². The molecule has 0 aliphatic carbocycles. The Labute approximate surface area is 124 Å². The zero-order valence-electron chi connectivity index (χ0n) is 12.0. The van der Waals surface area contributed by atoms with Crippen LogP contribution in [0.25, 0.3) is 0 Å². The monoisotopic (exact) mass is 316 g/mol. The summed E-state index contributed by atoms with van der Waals surface area (Å²) in [5.74, 6) is -0.574. The van der Waals surface area contributed by atoms with Crippen molar-refractivity contribution in [3.63, 3.8) is 0 Å². The third kappa shape index (κ3) is 4.00. The van der Waals surface area contributed by atoms with Crippen molar-refractivity contribution in [2.45, 2.75) is 24.8 Å². The molecule has 1 aliphatic rings. The molecule has 7 heteroatoms. The highest BCUT2D eigenvalue weighted by molar-refractivity contribution is 7.89. The van der Waals surface area contributed by atoms with Gasteiger partial charge in [0.15, 0.2) is 0 Å². The van der Waals surface area contributed by atoms with E-state index in [2.05, 4.69) is 16.5 Å². The van der Waals surface area contributed by atoms with E-state index in [-0.39, 0.29) is 17.4 Å². The van der Waals surface area contributed by atoms with Crippen LogP contribution in [0.4, 0.5) is 4.39 Å². The van der Waals surface area contributed by atoms with Crippen LogP contribution in [-0.4, -0.2) is 44.6 Å². The summed E-state index contributed by atoms with van der Waals surface area (Å²) in [6, 6.07) is 3.64. The van der Waals surface area contributed by atoms with Gasteiger partial charge in [-0.2, -0.15) is 0 Å². The number of hydrogen-bond acceptors (Lipinski definition) is 4. The smallest absolute Gasteiger partial charge is 0.243 e. The highest BCUT2D eigenvalue weighted by Crippen LogP contribution is 2.18. The number of nitrogens with one attached hydrogen (secondary N) is 1. The zero-order valence-corrected chi connectivity index (χ0v) is 12.9. The number of benzene rings is 1. The molecule has 21 heavy (non-hydrogen) atoms. The van der Waals surface area contributed by atoms with Crippen LogP contribution < -0.4 is 4.72 Å². The predicted octanol–water partition coefficient (Wildman–Crippen LogP) is 0.938. The summed E-state index contributed by atoms with van der Waals surface area (Å²) in [5, 5.41) is 8.91. The molecular weight excluding hydrogens is 295 g/mol. The molecular formula is C14H21FN2O3S. The van der Waals surface area contributed by atoms with Gasteiger partial charge in [-0.15, -0.1) is 0 Å². The van der Waals surface area contributed by atoms with Gasteiger partial charge in [0.1, 0.15) is 10.7 Å². The summed E-state index contributed by atoms with van der Waals surface area (Å²) >= 11 is 0. The molecule has 1 aromatic rings. The molecule has 0 spiro atoms. The van der Waals surface area contributed by atoms with E-state index < -0.39 is 15.8 Å². The van der Waals surface area contributed by atoms with Crippen LogP contribution in [0.5, 0.6) is 0 Å². The number of sulfonamides is 1. The summed E-state index contributed by atoms with van der Waals surface area (Å²) < 4.78 is 40.6. The third-order valence-corrected chi connectivity index (χ3v) is 5.30. The average molecular weight is 316 g/mol. The van der Waals surface area contributed by atoms with Gasteiger partial charge in [0.2, 0.25) is 10.0 Å². The molecule has 1 atom stereocenters. The lowest BCUT2D eigenvalue weighted by molar-refractivity contribution is 0.281. The highest BCUT2D eigenvalue weighted by atomic mass is 32.2. The van der Waals surface area contributed by atoms with E-state index in [1.165, 1.54) is 12.1 Å². The third-order valence-electron chi connectivity index (χ3n) is 3.85. The molecule has 2 N–H and O–H groups in total. The molecule has 0 saturated carbocycles. The minimum Gasteiger partial charge on any atom is -0.392 e. The van der Waals surface area contributed by atoms with Crippen molar-refractivity contribution in [1.82, 2.24) is 9.62 Å². The van der Waals surface area contributed by atoms with Gasteiger partial charge in [-0.3, -0.25) is 0 Å². The van der Waals surface area contributed by atoms with Crippen LogP contribution in [-0.2, 0) is 16.6 Å². The second-order valence-corrected chi connectivity index (χ2v) is 7.06. The Balaban J connectivity index is 2.02. The van der Waals surface area contributed by atoms with Crippen molar-refractivity contribution in [3.05, 3.63) is 29.6 Å². The number of halogens is 1. The fourth-order valence-electron chi connectivity index (χ4n) is 2.53. The van der Waals surface area contributed by atoms with E-state index in [0.29, 0.717) is 12.1 Å². The Kier molecular flexibility index (Phi) is 5.32. The van der Waals surface area contributed by atoms with Gasteiger partial charge in [0, 0.05) is 13.1 Å². The Morgan fingerprint density at radius 3 is 2.81 bits per heavy atom. The first-order valence-electron chi connectivity index (χ1n) is 7.07. The van der Waals surface area contributed by atoms with Gasteiger partial charge in [-0.1, -0.05) is 13.0 Å². The fraction of sp³-hybridized carbons (Fsp3) is 0.571. The number of hydrogen-bond donors (Lipinski definition) is 2. The minimum absolute atomic E-state index is 0.263. The summed E-state index contributed by atoms with van der Waals surface area (Å²) in [4.78, 5) is 1.89. The lowest BCUT2D eigenvalue weighted by atomic mass is 10.1. The summed E-state index contributed by atoms with van der Waals surface area (Å²) in [7, 11) is -3.85. The standard InChI is InChI=1S/C14H21FN2O3S/c1-2-17-6-5-12(9-17)8-16-21(19,20)14-4-3-11(10-18)7-13(14)15/h3-4,7,12,16,18H,2,5-6,8-10H2,1H3. The Morgan fingerprint density at radius 1 is 1.48 bits per heavy atom. The van der Waals surface area contributed by atoms with Gasteiger partial charge in [0.25, 0.3) is 0 Å². The molecule has 5 nitrogen and oxygen atoms in total. The number of aliphatic hydroxyl groups is 1. The van der Waals surface area contributed by atoms with Crippen molar-refractivity contribution in [1.29, 1.82) is 0 Å². The molecule has 0 radical (unpaired) electrons. The lowest BCUT2D eigenvalue weighted by Crippen LogP contribution is -2.31. The van der Waals surface area contributed by atoms with Crippen molar-refractivity contribution in [3.8, 4) is 0 Å². The fourth-order valence-corrected chi connectivity index (χ4v) is 3.71. The van der Waals surface area contributed by atoms with Crippen LogP contribution in [0.2, 0.25) is 0 Å². The van der Waals surface area contributed by atoms with Gasteiger partial charge in [-0.25, -0.2) is 17.5 Å². The van der Waals surface area contributed by atoms with Crippen molar-refractivity contribution >= 4 is 10.0 Å². The quantitative estimate of drug-likeness (QED) is 0.819. The summed E-state index contributed by atoms with van der Waals surface area (Å²) in [6.07, 6.45) is 0.947. The van der Waals surface area contributed by atoms with Gasteiger partial charge < -0.3 is 10.0 Å². The number of rotatable bonds is 6. The SMILES string of the molecule is CCN1CCC(CNS(=O)(=O)c2ccc(CO)cc2F)C1. The maximum Gasteiger partial charge on any atom is 0.243 e. The van der Waals surface area contributed by atoms with Gasteiger partial charge in [-0.05, 0) is 43.1 Å². The Hall–Kier alpha value is -1.02. The average Bonchev–Trinajstić information content (AvgIpc) is 2.93. The largest absolute Gasteiger partial charge is 0.392 e. The van der Waals surface area contributed by atoms with E-state index in [1.54, 1.807) is 0 Å². The summed E-state index contributed by atoms with van der Waals surface area (Å²) in [5.41, 5.74) is 0.348. The van der Waals surface area contributed by atoms with Crippen molar-refractivity contribution in [2.75, 3.05) is 26.2 Å². The van der Waals surface area contributed by atoms with E-state index in [1.807, 2.05) is 0 Å². The number of likely N-dealkylation sites (tertiary alicyclic amines) is 1. The zero-order chi connectivity index (χ0) is 15.5. The first-order valence-corrected chi connectivity index (χ1v) is 8.56. The minimum atomic E-state index is -3.85. The van der Waals surface area contributed by atoms with E-state index in [4.69, 9.17) is 5.11 Å². The molecule has 0 amide bonds. The molecule has 0 bridgehead atoms. The second kappa shape index (κ2) is 6.83. The van der Waals surface area contributed by atoms with Gasteiger partial charge in [0.05, 0.1) is 6.61 Å². The molecule has 1 heterocycles. The van der Waals surface area contributed by atoms with Crippen LogP contribution in [0.15, 0.2) is 23.1 Å². The van der Waals surface area contributed by atoms with Gasteiger partial charge >= 0.3 is 0 Å². The van der Waals surface area contributed by atoms with Crippen LogP contribution in [0.1, 0.15) is 18.9 Å². The molecule has 1 unspecified atom stereocenters. The maximum absolute atomic E-state index is 13.8. The molecule has 118 valence electrons. The first kappa shape index (κ1) is 16.4. The Morgan fingerprint density at radius 2 is 2.24 bits per heavy atom. The normalized spacial score (nSPS) is 20.0.